The van der Waals surface area contributed by atoms with Gasteiger partial charge in [-0.25, -0.2) is 0 Å². The Bertz CT molecular complexity index is 238. The highest BCUT2D eigenvalue weighted by Crippen LogP contribution is 2.38. The molecule has 0 aromatic heterocycles. The van der Waals surface area contributed by atoms with E-state index in [9.17, 15) is 0 Å². The van der Waals surface area contributed by atoms with Gasteiger partial charge in [-0.1, -0.05) is 26.7 Å². The van der Waals surface area contributed by atoms with E-state index in [1.807, 2.05) is 0 Å². The summed E-state index contributed by atoms with van der Waals surface area (Å²) in [5, 5.41) is 3.69. The first-order valence-corrected chi connectivity index (χ1v) is 7.74. The molecule has 0 aromatic carbocycles. The summed E-state index contributed by atoms with van der Waals surface area (Å²) in [5.41, 5.74) is 0.570. The van der Waals surface area contributed by atoms with E-state index in [-0.39, 0.29) is 0 Å². The molecule has 1 N–H and O–H groups in total. The van der Waals surface area contributed by atoms with Gasteiger partial charge in [-0.05, 0) is 25.3 Å². The largest absolute Gasteiger partial charge is 0.314 e. The molecule has 3 heteroatoms. The van der Waals surface area contributed by atoms with Crippen LogP contribution in [-0.2, 0) is 0 Å². The van der Waals surface area contributed by atoms with Gasteiger partial charge in [-0.2, -0.15) is 0 Å². The molecule has 0 radical (unpaired) electrons. The molecule has 3 nitrogen and oxygen atoms in total. The van der Waals surface area contributed by atoms with Gasteiger partial charge in [0.25, 0.3) is 0 Å². The molecule has 1 aliphatic heterocycles. The minimum absolute atomic E-state index is 0.570. The van der Waals surface area contributed by atoms with Gasteiger partial charge < -0.3 is 15.1 Å². The quantitative estimate of drug-likeness (QED) is 0.806. The topological polar surface area (TPSA) is 18.5 Å². The van der Waals surface area contributed by atoms with E-state index in [1.165, 1.54) is 65.0 Å². The monoisotopic (exact) mass is 253 g/mol. The van der Waals surface area contributed by atoms with Crippen molar-refractivity contribution in [2.45, 2.75) is 45.6 Å². The van der Waals surface area contributed by atoms with Gasteiger partial charge in [0.1, 0.15) is 0 Å². The van der Waals surface area contributed by atoms with Gasteiger partial charge in [0.05, 0.1) is 0 Å². The van der Waals surface area contributed by atoms with Crippen molar-refractivity contribution in [2.75, 3.05) is 46.3 Å². The number of piperazine rings is 1. The molecule has 2 fully saturated rings. The van der Waals surface area contributed by atoms with Crippen LogP contribution in [0, 0.1) is 5.41 Å². The maximum Gasteiger partial charge on any atom is 0.0110 e. The first-order valence-electron chi connectivity index (χ1n) is 7.74. The molecule has 2 rings (SSSR count). The first kappa shape index (κ1) is 14.3. The van der Waals surface area contributed by atoms with Crippen molar-refractivity contribution in [2.24, 2.45) is 5.41 Å². The van der Waals surface area contributed by atoms with Crippen LogP contribution in [0.15, 0.2) is 0 Å². The van der Waals surface area contributed by atoms with E-state index >= 15 is 0 Å². The van der Waals surface area contributed by atoms with Crippen LogP contribution in [0.4, 0.5) is 0 Å². The van der Waals surface area contributed by atoms with Crippen molar-refractivity contribution in [1.82, 2.24) is 15.1 Å². The molecule has 0 spiro atoms. The Hall–Kier alpha value is -0.120. The van der Waals surface area contributed by atoms with Gasteiger partial charge in [0, 0.05) is 45.3 Å². The zero-order chi connectivity index (χ0) is 13.0. The Balaban J connectivity index is 1.85. The molecule has 18 heavy (non-hydrogen) atoms. The van der Waals surface area contributed by atoms with Crippen molar-refractivity contribution in [3.8, 4) is 0 Å². The van der Waals surface area contributed by atoms with Crippen molar-refractivity contribution in [1.29, 1.82) is 0 Å². The Morgan fingerprint density at radius 1 is 1.06 bits per heavy atom. The zero-order valence-corrected chi connectivity index (χ0v) is 12.5. The van der Waals surface area contributed by atoms with E-state index in [0.717, 1.165) is 0 Å². The van der Waals surface area contributed by atoms with Crippen molar-refractivity contribution < 1.29 is 0 Å². The summed E-state index contributed by atoms with van der Waals surface area (Å²) in [6.45, 7) is 12.1. The van der Waals surface area contributed by atoms with E-state index < -0.39 is 0 Å². The smallest absolute Gasteiger partial charge is 0.0110 e. The summed E-state index contributed by atoms with van der Waals surface area (Å²) in [4.78, 5) is 5.15. The number of hydrogen-bond acceptors (Lipinski definition) is 3. The molecule has 0 bridgehead atoms. The lowest BCUT2D eigenvalue weighted by molar-refractivity contribution is 0.0952. The zero-order valence-electron chi connectivity index (χ0n) is 12.5. The van der Waals surface area contributed by atoms with Crippen LogP contribution in [0.3, 0.4) is 0 Å². The van der Waals surface area contributed by atoms with Crippen molar-refractivity contribution >= 4 is 0 Å². The fraction of sp³-hybridized carbons (Fsp3) is 1.00. The van der Waals surface area contributed by atoms with Gasteiger partial charge in [0.15, 0.2) is 0 Å². The molecule has 0 atom stereocenters. The lowest BCUT2D eigenvalue weighted by Crippen LogP contribution is -2.50. The Labute approximate surface area is 113 Å². The summed E-state index contributed by atoms with van der Waals surface area (Å²) in [6, 6.07) is 0.620. The molecule has 1 heterocycles. The molecular formula is C15H31N3. The molecule has 1 saturated carbocycles. The Kier molecular flexibility index (Phi) is 5.05. The summed E-state index contributed by atoms with van der Waals surface area (Å²) < 4.78 is 0. The maximum absolute atomic E-state index is 3.69. The van der Waals surface area contributed by atoms with Gasteiger partial charge in [0.2, 0.25) is 0 Å². The third-order valence-corrected chi connectivity index (χ3v) is 4.70. The average Bonchev–Trinajstić information content (AvgIpc) is 2.79. The van der Waals surface area contributed by atoms with Crippen molar-refractivity contribution in [3.63, 3.8) is 0 Å². The molecule has 0 amide bonds. The van der Waals surface area contributed by atoms with E-state index in [4.69, 9.17) is 0 Å². The fourth-order valence-corrected chi connectivity index (χ4v) is 3.42. The molecule has 0 aromatic rings. The van der Waals surface area contributed by atoms with Crippen LogP contribution in [0.5, 0.6) is 0 Å². The van der Waals surface area contributed by atoms with Crippen LogP contribution in [0.2, 0.25) is 0 Å². The molecule has 106 valence electrons. The van der Waals surface area contributed by atoms with E-state index in [0.29, 0.717) is 11.5 Å². The summed E-state index contributed by atoms with van der Waals surface area (Å²) in [5.74, 6) is 0. The Morgan fingerprint density at radius 2 is 1.67 bits per heavy atom. The molecule has 1 saturated heterocycles. The standard InChI is InChI=1S/C15H31N3/c1-14(2)16-12-15(6-4-5-7-15)13-18-10-8-17(3)9-11-18/h14,16H,4-13H2,1-3H3. The lowest BCUT2D eigenvalue weighted by atomic mass is 9.85. The van der Waals surface area contributed by atoms with Crippen LogP contribution >= 0.6 is 0 Å². The number of rotatable bonds is 5. The van der Waals surface area contributed by atoms with Crippen molar-refractivity contribution in [3.05, 3.63) is 0 Å². The third kappa shape index (κ3) is 3.94. The average molecular weight is 253 g/mol. The maximum atomic E-state index is 3.69. The molecule has 1 aliphatic carbocycles. The normalized spacial score (nSPS) is 26.0. The van der Waals surface area contributed by atoms with Crippen LogP contribution in [0.25, 0.3) is 0 Å². The van der Waals surface area contributed by atoms with Crippen LogP contribution in [0.1, 0.15) is 39.5 Å². The molecular weight excluding hydrogens is 222 g/mol. The number of nitrogens with one attached hydrogen (secondary N) is 1. The first-order chi connectivity index (χ1) is 8.60. The minimum Gasteiger partial charge on any atom is -0.314 e. The highest BCUT2D eigenvalue weighted by Gasteiger charge is 2.35. The highest BCUT2D eigenvalue weighted by atomic mass is 15.2. The Morgan fingerprint density at radius 3 is 2.22 bits per heavy atom. The van der Waals surface area contributed by atoms with Gasteiger partial charge in [-0.15, -0.1) is 0 Å². The second-order valence-corrected chi connectivity index (χ2v) is 6.82. The summed E-state index contributed by atoms with van der Waals surface area (Å²) in [6.07, 6.45) is 5.74. The van der Waals surface area contributed by atoms with E-state index in [2.05, 4.69) is 36.0 Å². The minimum atomic E-state index is 0.570. The highest BCUT2D eigenvalue weighted by molar-refractivity contribution is 4.90. The number of likely N-dealkylation sites (N-methyl/N-ethyl adjacent to an activating group) is 1. The van der Waals surface area contributed by atoms with Crippen LogP contribution in [-0.4, -0.2) is 62.2 Å². The summed E-state index contributed by atoms with van der Waals surface area (Å²) >= 11 is 0. The molecule has 0 unspecified atom stereocenters. The van der Waals surface area contributed by atoms with E-state index in [1.54, 1.807) is 0 Å². The predicted molar refractivity (Wildman–Crippen MR) is 78.0 cm³/mol. The fourth-order valence-electron chi connectivity index (χ4n) is 3.42. The number of hydrogen-bond donors (Lipinski definition) is 1. The second kappa shape index (κ2) is 6.36. The lowest BCUT2D eigenvalue weighted by Gasteiger charge is -2.40. The van der Waals surface area contributed by atoms with Gasteiger partial charge >= 0.3 is 0 Å². The van der Waals surface area contributed by atoms with Gasteiger partial charge in [-0.3, -0.25) is 0 Å². The SMILES string of the molecule is CC(C)NCC1(CN2CCN(C)CC2)CCCC1. The van der Waals surface area contributed by atoms with Crippen LogP contribution < -0.4 is 5.32 Å². The second-order valence-electron chi connectivity index (χ2n) is 6.82. The number of nitrogens with zero attached hydrogens (tertiary/aromatic N) is 2. The predicted octanol–water partition coefficient (Wildman–Crippen LogP) is 1.79. The summed E-state index contributed by atoms with van der Waals surface area (Å²) in [7, 11) is 2.24. The molecule has 2 aliphatic rings. The third-order valence-electron chi connectivity index (χ3n) is 4.70.